The summed E-state index contributed by atoms with van der Waals surface area (Å²) >= 11 is 10.4. The molecule has 0 saturated carbocycles. The third kappa shape index (κ3) is 15.3. The second kappa shape index (κ2) is 20.4. The number of hydrogen-bond donors (Lipinski definition) is 3. The van der Waals surface area contributed by atoms with Crippen LogP contribution in [0, 0.1) is 6.08 Å². The summed E-state index contributed by atoms with van der Waals surface area (Å²) in [6, 6.07) is 30.9. The molecule has 0 atom stereocenters. The molecule has 2 amide bonds. The minimum absolute atomic E-state index is 0.0787. The fourth-order valence-corrected chi connectivity index (χ4v) is 3.66. The molecule has 0 aliphatic heterocycles. The van der Waals surface area contributed by atoms with Gasteiger partial charge in [0.15, 0.2) is 5.70 Å². The van der Waals surface area contributed by atoms with Crippen LogP contribution in [-0.4, -0.2) is 28.1 Å². The Labute approximate surface area is 285 Å². The van der Waals surface area contributed by atoms with E-state index in [-0.39, 0.29) is 35.6 Å². The Kier molecular flexibility index (Phi) is 15.5. The highest BCUT2D eigenvalue weighted by atomic mass is 35.5. The number of Topliss-reactive ketones (excluding diaryl/α,β-unsaturated/α-hetero) is 1. The zero-order valence-electron chi connectivity index (χ0n) is 26.3. The minimum atomic E-state index is -0.602. The second-order valence-electron chi connectivity index (χ2n) is 9.37. The number of anilines is 2. The van der Waals surface area contributed by atoms with Crippen LogP contribution >= 0.6 is 23.2 Å². The van der Waals surface area contributed by atoms with E-state index in [1.54, 1.807) is 42.5 Å². The summed E-state index contributed by atoms with van der Waals surface area (Å²) in [4.78, 5) is 55.5. The van der Waals surface area contributed by atoms with Gasteiger partial charge in [-0.15, -0.1) is 0 Å². The predicted octanol–water partition coefficient (Wildman–Crippen LogP) is 7.99. The van der Waals surface area contributed by atoms with Crippen molar-refractivity contribution >= 4 is 62.7 Å². The van der Waals surface area contributed by atoms with Crippen molar-refractivity contribution in [3.63, 3.8) is 0 Å². The number of halogens is 2. The lowest BCUT2D eigenvalue weighted by Crippen LogP contribution is -2.15. The van der Waals surface area contributed by atoms with Gasteiger partial charge in [0.2, 0.25) is 0 Å². The van der Waals surface area contributed by atoms with E-state index in [1.807, 2.05) is 72.8 Å². The zero-order chi connectivity index (χ0) is 35.3. The maximum atomic E-state index is 12.3. The van der Waals surface area contributed by atoms with Crippen molar-refractivity contribution in [2.75, 3.05) is 10.6 Å². The Morgan fingerprint density at radius 3 is 1.36 bits per heavy atom. The zero-order valence-corrected chi connectivity index (χ0v) is 26.8. The van der Waals surface area contributed by atoms with Crippen LogP contribution in [0.1, 0.15) is 56.6 Å². The molecule has 238 valence electrons. The fraction of sp³-hybridized carbons (Fsp3) is 0.0541. The molecular formula is C37H32Cl2N3O5+. The molecule has 0 fully saturated rings. The number of carbonyl (C=O) groups excluding carboxylic acids is 5. The molecule has 0 radical (unpaired) electrons. The summed E-state index contributed by atoms with van der Waals surface area (Å²) in [5.41, 5.74) is 8.81. The number of amides is 2. The molecular weight excluding hydrogens is 637 g/mol. The molecule has 8 nitrogen and oxygen atoms in total. The van der Waals surface area contributed by atoms with Crippen LogP contribution in [0.25, 0.3) is 0 Å². The highest BCUT2D eigenvalue weighted by Crippen LogP contribution is 2.13. The lowest BCUT2D eigenvalue weighted by molar-refractivity contribution is -0.115. The number of allylic oxidation sites excluding steroid dienone is 5. The minimum Gasteiger partial charge on any atom is -0.369 e. The van der Waals surface area contributed by atoms with E-state index in [0.717, 1.165) is 0 Å². The summed E-state index contributed by atoms with van der Waals surface area (Å²) in [5, 5.41) is 4.40. The molecule has 10 heteroatoms. The Bertz CT molecular complexity index is 1700. The van der Waals surface area contributed by atoms with Gasteiger partial charge in [-0.3, -0.25) is 19.2 Å². The molecule has 0 saturated heterocycles. The molecule has 1 aliphatic rings. The third-order valence-electron chi connectivity index (χ3n) is 5.50. The van der Waals surface area contributed by atoms with Gasteiger partial charge < -0.3 is 21.2 Å². The quantitative estimate of drug-likeness (QED) is 0.141. The SMILES string of the molecule is NC1=CC=CC=[C+]1.O=C(Cl)c1cccc(C(=O)Cl)c1.O=C(Nc1ccccc1)c1cccc(C(=O)Nc2ccccc2)c1.[2H]CC(C)=O. The van der Waals surface area contributed by atoms with Gasteiger partial charge in [-0.25, -0.2) is 0 Å². The first-order chi connectivity index (χ1) is 23.0. The molecule has 0 heterocycles. The molecule has 4 aromatic rings. The molecule has 0 aromatic heterocycles. The maximum Gasteiger partial charge on any atom is 0.255 e. The number of benzene rings is 4. The van der Waals surface area contributed by atoms with Crippen LogP contribution in [0.2, 0.25) is 0 Å². The predicted molar refractivity (Wildman–Crippen MR) is 188 cm³/mol. The van der Waals surface area contributed by atoms with Gasteiger partial charge in [0.05, 0.1) is 18.2 Å². The second-order valence-corrected chi connectivity index (χ2v) is 10.1. The van der Waals surface area contributed by atoms with E-state index in [9.17, 15) is 24.0 Å². The van der Waals surface area contributed by atoms with Gasteiger partial charge >= 0.3 is 0 Å². The standard InChI is InChI=1S/C20H16N2O2.C8H4Cl2O2.C6H6N.C3H6O/c23-19(21-17-10-3-1-4-11-17)15-8-7-9-16(14-15)20(24)22-18-12-5-2-6-13-18;9-7(11)5-2-1-3-6(4-5)8(10)12;7-6-4-2-1-3-5-6;1-3(2)4/h1-14H,(H,21,23)(H,22,24);1-4H;1-4H,7H2;1-2H3/q;;+1;/i;;;1D. The van der Waals surface area contributed by atoms with Gasteiger partial charge in [-0.05, 0) is 85.6 Å². The van der Waals surface area contributed by atoms with Gasteiger partial charge in [0, 0.05) is 41.1 Å². The molecule has 1 aliphatic carbocycles. The number of nitrogens with one attached hydrogen (secondary N) is 2. The Balaban J connectivity index is 0.000000274. The first-order valence-electron chi connectivity index (χ1n) is 14.5. The summed E-state index contributed by atoms with van der Waals surface area (Å²) in [6.07, 6.45) is 10.2. The molecule has 4 aromatic carbocycles. The van der Waals surface area contributed by atoms with E-state index < -0.39 is 10.5 Å². The van der Waals surface area contributed by atoms with Crippen molar-refractivity contribution in [1.82, 2.24) is 0 Å². The van der Waals surface area contributed by atoms with Crippen molar-refractivity contribution in [2.24, 2.45) is 5.73 Å². The van der Waals surface area contributed by atoms with Crippen molar-refractivity contribution in [3.8, 4) is 0 Å². The largest absolute Gasteiger partial charge is 0.369 e. The van der Waals surface area contributed by atoms with Crippen LogP contribution in [0.3, 0.4) is 0 Å². The van der Waals surface area contributed by atoms with Crippen molar-refractivity contribution in [2.45, 2.75) is 13.8 Å². The topological polar surface area (TPSA) is 135 Å². The average molecular weight is 671 g/mol. The van der Waals surface area contributed by atoms with Crippen molar-refractivity contribution in [1.29, 1.82) is 0 Å². The number of para-hydroxylation sites is 2. The van der Waals surface area contributed by atoms with Gasteiger partial charge in [0.1, 0.15) is 11.9 Å². The smallest absolute Gasteiger partial charge is 0.255 e. The lowest BCUT2D eigenvalue weighted by atomic mass is 10.1. The van der Waals surface area contributed by atoms with Crippen molar-refractivity contribution in [3.05, 3.63) is 168 Å². The van der Waals surface area contributed by atoms with Gasteiger partial charge in [-0.2, -0.15) is 0 Å². The highest BCUT2D eigenvalue weighted by Gasteiger charge is 2.11. The van der Waals surface area contributed by atoms with E-state index in [0.29, 0.717) is 28.2 Å². The van der Waals surface area contributed by atoms with Gasteiger partial charge in [-0.1, -0.05) is 60.7 Å². The normalized spacial score (nSPS) is 10.7. The Hall–Kier alpha value is -5.66. The Morgan fingerprint density at radius 2 is 1.04 bits per heavy atom. The molecule has 4 N–H and O–H groups in total. The van der Waals surface area contributed by atoms with E-state index >= 15 is 0 Å². The van der Waals surface area contributed by atoms with E-state index in [1.165, 1.54) is 25.1 Å². The number of nitrogens with two attached hydrogens (primary N) is 1. The first-order valence-corrected chi connectivity index (χ1v) is 14.6. The number of carbonyl (C=O) groups is 5. The Morgan fingerprint density at radius 1 is 0.638 bits per heavy atom. The van der Waals surface area contributed by atoms with Crippen LogP contribution in [-0.2, 0) is 4.79 Å². The van der Waals surface area contributed by atoms with Crippen molar-refractivity contribution < 1.29 is 25.3 Å². The van der Waals surface area contributed by atoms with Gasteiger partial charge in [0.25, 0.3) is 22.3 Å². The van der Waals surface area contributed by atoms with Crippen LogP contribution in [0.5, 0.6) is 0 Å². The van der Waals surface area contributed by atoms with Crippen LogP contribution in [0.15, 0.2) is 139 Å². The molecule has 0 bridgehead atoms. The number of hydrogen-bond acceptors (Lipinski definition) is 6. The maximum absolute atomic E-state index is 12.3. The number of ketones is 1. The third-order valence-corrected chi connectivity index (χ3v) is 5.94. The average Bonchev–Trinajstić information content (AvgIpc) is 3.10. The fourth-order valence-electron chi connectivity index (χ4n) is 3.42. The van der Waals surface area contributed by atoms with Crippen LogP contribution < -0.4 is 16.4 Å². The molecule has 5 rings (SSSR count). The summed E-state index contributed by atoms with van der Waals surface area (Å²) in [5.74, 6) is -0.587. The lowest BCUT2D eigenvalue weighted by Gasteiger charge is -2.08. The summed E-state index contributed by atoms with van der Waals surface area (Å²) < 4.78 is 6.31. The van der Waals surface area contributed by atoms with E-state index in [4.69, 9.17) is 30.3 Å². The number of rotatable bonds is 6. The molecule has 47 heavy (non-hydrogen) atoms. The van der Waals surface area contributed by atoms with Crippen LogP contribution in [0.4, 0.5) is 11.4 Å². The summed E-state index contributed by atoms with van der Waals surface area (Å²) in [6.45, 7) is 1.31. The monoisotopic (exact) mass is 669 g/mol. The highest BCUT2D eigenvalue weighted by molar-refractivity contribution is 6.69. The first kappa shape index (κ1) is 35.8. The van der Waals surface area contributed by atoms with E-state index in [2.05, 4.69) is 16.7 Å². The summed E-state index contributed by atoms with van der Waals surface area (Å²) in [7, 11) is 0. The molecule has 0 spiro atoms. The molecule has 0 unspecified atom stereocenters.